The molecule has 0 radical (unpaired) electrons. The van der Waals surface area contributed by atoms with Crippen molar-refractivity contribution < 1.29 is 0 Å². The summed E-state index contributed by atoms with van der Waals surface area (Å²) in [5.74, 6) is 4.93. The first kappa shape index (κ1) is 14.1. The fraction of sp³-hybridized carbons (Fsp3) is 1.00. The monoisotopic (exact) mass is 224 g/mol. The lowest BCUT2D eigenvalue weighted by atomic mass is 9.61. The average Bonchev–Trinajstić information content (AvgIpc) is 2.29. The van der Waals surface area contributed by atoms with Crippen molar-refractivity contribution in [2.24, 2.45) is 29.6 Å². The Kier molecular flexibility index (Phi) is 5.86. The van der Waals surface area contributed by atoms with Gasteiger partial charge in [0.1, 0.15) is 0 Å². The van der Waals surface area contributed by atoms with Crippen LogP contribution in [0.25, 0.3) is 0 Å². The first-order valence-electron chi connectivity index (χ1n) is 7.65. The second-order valence-electron chi connectivity index (χ2n) is 6.12. The standard InChI is InChI=1S/C16H32/c1-6-9-15-11-10-14(8-3)13(5)16(15)12(4)7-2/h12-16H,6-11H2,1-5H3. The zero-order valence-electron chi connectivity index (χ0n) is 12.1. The molecule has 0 amide bonds. The van der Waals surface area contributed by atoms with E-state index in [4.69, 9.17) is 0 Å². The lowest BCUT2D eigenvalue weighted by molar-refractivity contribution is 0.0506. The van der Waals surface area contributed by atoms with Crippen LogP contribution in [-0.4, -0.2) is 0 Å². The molecule has 5 unspecified atom stereocenters. The number of hydrogen-bond acceptors (Lipinski definition) is 0. The second-order valence-corrected chi connectivity index (χ2v) is 6.12. The number of rotatable bonds is 5. The maximum Gasteiger partial charge on any atom is -0.0332 e. The van der Waals surface area contributed by atoms with Gasteiger partial charge in [0.2, 0.25) is 0 Å². The Morgan fingerprint density at radius 3 is 2.19 bits per heavy atom. The van der Waals surface area contributed by atoms with Crippen molar-refractivity contribution in [3.8, 4) is 0 Å². The van der Waals surface area contributed by atoms with Crippen LogP contribution in [0.2, 0.25) is 0 Å². The summed E-state index contributed by atoms with van der Waals surface area (Å²) in [6, 6.07) is 0. The Hall–Kier alpha value is 0. The van der Waals surface area contributed by atoms with Crippen molar-refractivity contribution in [2.45, 2.75) is 73.1 Å². The molecular formula is C16H32. The maximum absolute atomic E-state index is 2.53. The van der Waals surface area contributed by atoms with Gasteiger partial charge in [-0.05, 0) is 42.4 Å². The van der Waals surface area contributed by atoms with Gasteiger partial charge in [0.15, 0.2) is 0 Å². The highest BCUT2D eigenvalue weighted by Gasteiger charge is 2.37. The van der Waals surface area contributed by atoms with Crippen LogP contribution >= 0.6 is 0 Å². The van der Waals surface area contributed by atoms with E-state index >= 15 is 0 Å². The third-order valence-electron chi connectivity index (χ3n) is 5.29. The molecule has 1 saturated carbocycles. The molecule has 0 saturated heterocycles. The van der Waals surface area contributed by atoms with Crippen molar-refractivity contribution in [3.05, 3.63) is 0 Å². The fourth-order valence-corrected chi connectivity index (χ4v) is 4.17. The van der Waals surface area contributed by atoms with Gasteiger partial charge in [-0.3, -0.25) is 0 Å². The quantitative estimate of drug-likeness (QED) is 0.576. The van der Waals surface area contributed by atoms with E-state index in [-0.39, 0.29) is 0 Å². The molecule has 1 aliphatic carbocycles. The summed E-state index contributed by atoms with van der Waals surface area (Å²) in [6.07, 6.45) is 8.61. The zero-order valence-corrected chi connectivity index (χ0v) is 12.1. The van der Waals surface area contributed by atoms with E-state index in [1.807, 2.05) is 0 Å². The minimum Gasteiger partial charge on any atom is -0.0654 e. The van der Waals surface area contributed by atoms with E-state index in [1.165, 1.54) is 38.5 Å². The molecule has 1 fully saturated rings. The third kappa shape index (κ3) is 3.02. The van der Waals surface area contributed by atoms with Crippen molar-refractivity contribution in [1.82, 2.24) is 0 Å². The van der Waals surface area contributed by atoms with Gasteiger partial charge in [-0.2, -0.15) is 0 Å². The summed E-state index contributed by atoms with van der Waals surface area (Å²) in [6.45, 7) is 12.1. The Labute approximate surface area is 103 Å². The summed E-state index contributed by atoms with van der Waals surface area (Å²) in [4.78, 5) is 0. The van der Waals surface area contributed by atoms with E-state index in [2.05, 4.69) is 34.6 Å². The Balaban J connectivity index is 2.73. The van der Waals surface area contributed by atoms with Gasteiger partial charge in [0, 0.05) is 0 Å². The van der Waals surface area contributed by atoms with E-state index in [0.29, 0.717) is 0 Å². The topological polar surface area (TPSA) is 0 Å². The summed E-state index contributed by atoms with van der Waals surface area (Å²) in [7, 11) is 0. The first-order chi connectivity index (χ1) is 7.65. The van der Waals surface area contributed by atoms with Crippen LogP contribution in [0.15, 0.2) is 0 Å². The minimum absolute atomic E-state index is 0.931. The molecule has 0 bridgehead atoms. The Morgan fingerprint density at radius 2 is 1.69 bits per heavy atom. The van der Waals surface area contributed by atoms with Gasteiger partial charge in [-0.15, -0.1) is 0 Å². The van der Waals surface area contributed by atoms with Gasteiger partial charge in [-0.25, -0.2) is 0 Å². The molecule has 96 valence electrons. The largest absolute Gasteiger partial charge is 0.0654 e. The predicted molar refractivity (Wildman–Crippen MR) is 73.5 cm³/mol. The molecular weight excluding hydrogens is 192 g/mol. The smallest absolute Gasteiger partial charge is 0.0332 e. The van der Waals surface area contributed by atoms with Crippen LogP contribution in [0.4, 0.5) is 0 Å². The SMILES string of the molecule is CCCC1CCC(CC)C(C)C1C(C)CC. The third-order valence-corrected chi connectivity index (χ3v) is 5.29. The molecule has 16 heavy (non-hydrogen) atoms. The van der Waals surface area contributed by atoms with Crippen molar-refractivity contribution in [3.63, 3.8) is 0 Å². The molecule has 0 aromatic heterocycles. The van der Waals surface area contributed by atoms with Crippen molar-refractivity contribution in [1.29, 1.82) is 0 Å². The normalized spacial score (nSPS) is 37.3. The van der Waals surface area contributed by atoms with E-state index in [1.54, 1.807) is 0 Å². The fourth-order valence-electron chi connectivity index (χ4n) is 4.17. The summed E-state index contributed by atoms with van der Waals surface area (Å²) < 4.78 is 0. The maximum atomic E-state index is 2.53. The van der Waals surface area contributed by atoms with Gasteiger partial charge < -0.3 is 0 Å². The lowest BCUT2D eigenvalue weighted by Crippen LogP contribution is -2.36. The molecule has 0 aromatic rings. The molecule has 0 spiro atoms. The molecule has 0 N–H and O–H groups in total. The van der Waals surface area contributed by atoms with E-state index < -0.39 is 0 Å². The minimum atomic E-state index is 0.931. The van der Waals surface area contributed by atoms with Gasteiger partial charge in [0.25, 0.3) is 0 Å². The molecule has 5 atom stereocenters. The molecule has 0 heterocycles. The number of hydrogen-bond donors (Lipinski definition) is 0. The average molecular weight is 224 g/mol. The van der Waals surface area contributed by atoms with Crippen LogP contribution in [0.1, 0.15) is 73.1 Å². The zero-order chi connectivity index (χ0) is 12.1. The molecule has 0 nitrogen and oxygen atoms in total. The molecule has 1 rings (SSSR count). The van der Waals surface area contributed by atoms with Crippen LogP contribution in [0, 0.1) is 29.6 Å². The summed E-state index contributed by atoms with van der Waals surface area (Å²) in [5.41, 5.74) is 0. The molecule has 0 heteroatoms. The predicted octanol–water partition coefficient (Wildman–Crippen LogP) is 5.52. The van der Waals surface area contributed by atoms with Crippen LogP contribution in [0.5, 0.6) is 0 Å². The van der Waals surface area contributed by atoms with Crippen molar-refractivity contribution in [2.75, 3.05) is 0 Å². The Morgan fingerprint density at radius 1 is 1.06 bits per heavy atom. The van der Waals surface area contributed by atoms with Gasteiger partial charge in [-0.1, -0.05) is 60.3 Å². The van der Waals surface area contributed by atoms with E-state index in [0.717, 1.165) is 29.6 Å². The van der Waals surface area contributed by atoms with Gasteiger partial charge >= 0.3 is 0 Å². The lowest BCUT2D eigenvalue weighted by Gasteiger charge is -2.44. The summed E-state index contributed by atoms with van der Waals surface area (Å²) >= 11 is 0. The van der Waals surface area contributed by atoms with Crippen LogP contribution in [-0.2, 0) is 0 Å². The first-order valence-corrected chi connectivity index (χ1v) is 7.65. The highest BCUT2D eigenvalue weighted by atomic mass is 14.4. The van der Waals surface area contributed by atoms with Crippen LogP contribution < -0.4 is 0 Å². The Bertz CT molecular complexity index is 182. The van der Waals surface area contributed by atoms with Crippen molar-refractivity contribution >= 4 is 0 Å². The summed E-state index contributed by atoms with van der Waals surface area (Å²) in [5, 5.41) is 0. The second kappa shape index (κ2) is 6.67. The van der Waals surface area contributed by atoms with Crippen LogP contribution in [0.3, 0.4) is 0 Å². The van der Waals surface area contributed by atoms with E-state index in [9.17, 15) is 0 Å². The highest BCUT2D eigenvalue weighted by Crippen LogP contribution is 2.46. The molecule has 0 aliphatic heterocycles. The molecule has 0 aromatic carbocycles. The van der Waals surface area contributed by atoms with Gasteiger partial charge in [0.05, 0.1) is 0 Å². The highest BCUT2D eigenvalue weighted by molar-refractivity contribution is 4.87. The molecule has 1 aliphatic rings.